The van der Waals surface area contributed by atoms with Gasteiger partial charge >= 0.3 is 5.97 Å². The maximum Gasteiger partial charge on any atom is 0.337 e. The van der Waals surface area contributed by atoms with Crippen molar-refractivity contribution >= 4 is 33.3 Å². The molecule has 0 atom stereocenters. The van der Waals surface area contributed by atoms with E-state index in [1.807, 2.05) is 0 Å². The molecule has 2 aromatic carbocycles. The van der Waals surface area contributed by atoms with Crippen molar-refractivity contribution in [2.75, 3.05) is 11.8 Å². The van der Waals surface area contributed by atoms with Crippen LogP contribution in [-0.2, 0) is 14.8 Å². The number of hydrogen-bond acceptors (Lipinski definition) is 7. The highest BCUT2D eigenvalue weighted by Gasteiger charge is 2.22. The van der Waals surface area contributed by atoms with E-state index in [9.17, 15) is 13.2 Å². The van der Waals surface area contributed by atoms with Crippen molar-refractivity contribution in [3.05, 3.63) is 59.4 Å². The van der Waals surface area contributed by atoms with Crippen LogP contribution in [-0.4, -0.2) is 41.7 Å². The molecule has 0 aliphatic heterocycles. The van der Waals surface area contributed by atoms with E-state index < -0.39 is 16.0 Å². The molecular weight excluding hydrogens is 382 g/mol. The molecule has 3 aromatic rings. The second kappa shape index (κ2) is 7.10. The SMILES string of the molecule is COC(=O)c1ccc(Cl)c(S(=O)(=O)Nc2ccccc2-n2cnnn2)c1. The van der Waals surface area contributed by atoms with Gasteiger partial charge in [0, 0.05) is 0 Å². The van der Waals surface area contributed by atoms with Crippen LogP contribution in [0.15, 0.2) is 53.7 Å². The van der Waals surface area contributed by atoms with Crippen LogP contribution in [0.2, 0.25) is 5.02 Å². The summed E-state index contributed by atoms with van der Waals surface area (Å²) in [5.41, 5.74) is 0.715. The molecule has 0 saturated heterocycles. The van der Waals surface area contributed by atoms with Crippen LogP contribution in [0.5, 0.6) is 0 Å². The first-order chi connectivity index (χ1) is 12.4. The fraction of sp³-hybridized carbons (Fsp3) is 0.0667. The summed E-state index contributed by atoms with van der Waals surface area (Å²) < 4.78 is 34.0. The molecule has 3 rings (SSSR count). The average molecular weight is 394 g/mol. The number of anilines is 1. The van der Waals surface area contributed by atoms with Crippen LogP contribution < -0.4 is 4.72 Å². The van der Waals surface area contributed by atoms with Crippen molar-refractivity contribution in [3.63, 3.8) is 0 Å². The van der Waals surface area contributed by atoms with Crippen molar-refractivity contribution < 1.29 is 17.9 Å². The van der Waals surface area contributed by atoms with E-state index in [0.717, 1.165) is 6.07 Å². The van der Waals surface area contributed by atoms with E-state index in [2.05, 4.69) is 25.0 Å². The molecule has 0 spiro atoms. The van der Waals surface area contributed by atoms with E-state index >= 15 is 0 Å². The molecule has 0 aliphatic rings. The number of tetrazole rings is 1. The molecule has 0 radical (unpaired) electrons. The van der Waals surface area contributed by atoms with Crippen LogP contribution in [0, 0.1) is 0 Å². The Balaban J connectivity index is 2.03. The fourth-order valence-electron chi connectivity index (χ4n) is 2.19. The standard InChI is InChI=1S/C15H12ClN5O4S/c1-25-15(22)10-6-7-11(16)14(8-10)26(23,24)18-12-4-2-3-5-13(12)21-9-17-19-20-21/h2-9,18H,1H3. The smallest absolute Gasteiger partial charge is 0.337 e. The largest absolute Gasteiger partial charge is 0.465 e. The summed E-state index contributed by atoms with van der Waals surface area (Å²) in [5, 5.41) is 10.8. The first-order valence-corrected chi connectivity index (χ1v) is 9.01. The Labute approximate surface area is 153 Å². The van der Waals surface area contributed by atoms with Gasteiger partial charge in [0.15, 0.2) is 0 Å². The highest BCUT2D eigenvalue weighted by molar-refractivity contribution is 7.92. The molecule has 11 heteroatoms. The maximum absolute atomic E-state index is 12.8. The number of carbonyl (C=O) groups excluding carboxylic acids is 1. The third kappa shape index (κ3) is 3.51. The predicted molar refractivity (Wildman–Crippen MR) is 92.8 cm³/mol. The molecule has 0 bridgehead atoms. The Morgan fingerprint density at radius 2 is 2.00 bits per heavy atom. The van der Waals surface area contributed by atoms with Crippen LogP contribution >= 0.6 is 11.6 Å². The molecule has 0 unspecified atom stereocenters. The van der Waals surface area contributed by atoms with E-state index in [-0.39, 0.29) is 21.2 Å². The van der Waals surface area contributed by atoms with Gasteiger partial charge in [-0.2, -0.15) is 4.68 Å². The molecule has 0 aliphatic carbocycles. The number of ether oxygens (including phenoxy) is 1. The van der Waals surface area contributed by atoms with Gasteiger partial charge in [-0.3, -0.25) is 4.72 Å². The van der Waals surface area contributed by atoms with Crippen molar-refractivity contribution in [2.45, 2.75) is 4.90 Å². The Morgan fingerprint density at radius 3 is 2.69 bits per heavy atom. The molecular formula is C15H12ClN5O4S. The second-order valence-electron chi connectivity index (χ2n) is 5.01. The van der Waals surface area contributed by atoms with Crippen LogP contribution in [0.25, 0.3) is 5.69 Å². The number of halogens is 1. The number of rotatable bonds is 5. The van der Waals surface area contributed by atoms with Gasteiger partial charge in [-0.15, -0.1) is 5.10 Å². The lowest BCUT2D eigenvalue weighted by molar-refractivity contribution is 0.0600. The minimum Gasteiger partial charge on any atom is -0.465 e. The molecule has 1 aromatic heterocycles. The first kappa shape index (κ1) is 17.8. The summed E-state index contributed by atoms with van der Waals surface area (Å²) in [5.74, 6) is -0.674. The number of para-hydroxylation sites is 2. The van der Waals surface area contributed by atoms with E-state index in [1.54, 1.807) is 24.3 Å². The topological polar surface area (TPSA) is 116 Å². The van der Waals surface area contributed by atoms with E-state index in [0.29, 0.717) is 5.69 Å². The summed E-state index contributed by atoms with van der Waals surface area (Å²) in [6, 6.07) is 10.4. The van der Waals surface area contributed by atoms with E-state index in [4.69, 9.17) is 11.6 Å². The molecule has 0 fully saturated rings. The third-order valence-corrected chi connectivity index (χ3v) is 5.23. The highest BCUT2D eigenvalue weighted by atomic mass is 35.5. The zero-order valence-corrected chi connectivity index (χ0v) is 14.9. The number of hydrogen-bond donors (Lipinski definition) is 1. The number of methoxy groups -OCH3 is 1. The van der Waals surface area contributed by atoms with Crippen LogP contribution in [0.4, 0.5) is 5.69 Å². The van der Waals surface area contributed by atoms with Gasteiger partial charge in [-0.1, -0.05) is 23.7 Å². The monoisotopic (exact) mass is 393 g/mol. The van der Waals surface area contributed by atoms with Gasteiger partial charge < -0.3 is 4.74 Å². The van der Waals surface area contributed by atoms with Gasteiger partial charge in [0.2, 0.25) is 0 Å². The third-order valence-electron chi connectivity index (χ3n) is 3.39. The highest BCUT2D eigenvalue weighted by Crippen LogP contribution is 2.27. The van der Waals surface area contributed by atoms with Gasteiger partial charge in [-0.05, 0) is 40.8 Å². The lowest BCUT2D eigenvalue weighted by Crippen LogP contribution is -2.16. The van der Waals surface area contributed by atoms with Crippen LogP contribution in [0.1, 0.15) is 10.4 Å². The van der Waals surface area contributed by atoms with Gasteiger partial charge in [0.05, 0.1) is 29.1 Å². The molecule has 134 valence electrons. The summed E-state index contributed by atoms with van der Waals surface area (Å²) in [7, 11) is -2.89. The molecule has 9 nitrogen and oxygen atoms in total. The Hall–Kier alpha value is -2.98. The normalized spacial score (nSPS) is 11.2. The molecule has 26 heavy (non-hydrogen) atoms. The van der Waals surface area contributed by atoms with Crippen molar-refractivity contribution in [1.82, 2.24) is 20.2 Å². The fourth-order valence-corrected chi connectivity index (χ4v) is 3.79. The minimum absolute atomic E-state index is 0.0370. The maximum atomic E-state index is 12.8. The first-order valence-electron chi connectivity index (χ1n) is 7.15. The van der Waals surface area contributed by atoms with Gasteiger partial charge in [0.1, 0.15) is 11.2 Å². The average Bonchev–Trinajstić information content (AvgIpc) is 3.16. The molecule has 1 N–H and O–H groups in total. The van der Waals surface area contributed by atoms with Gasteiger partial charge in [-0.25, -0.2) is 13.2 Å². The Bertz CT molecular complexity index is 1050. The van der Waals surface area contributed by atoms with Crippen LogP contribution in [0.3, 0.4) is 0 Å². The summed E-state index contributed by atoms with van der Waals surface area (Å²) in [6.45, 7) is 0. The number of sulfonamides is 1. The second-order valence-corrected chi connectivity index (χ2v) is 7.07. The summed E-state index contributed by atoms with van der Waals surface area (Å²) in [4.78, 5) is 11.4. The molecule has 0 amide bonds. The van der Waals surface area contributed by atoms with Crippen molar-refractivity contribution in [2.24, 2.45) is 0 Å². The summed E-state index contributed by atoms with van der Waals surface area (Å²) >= 11 is 6.03. The number of esters is 1. The van der Waals surface area contributed by atoms with Crippen molar-refractivity contribution in [1.29, 1.82) is 0 Å². The summed E-state index contributed by atoms with van der Waals surface area (Å²) in [6.07, 6.45) is 1.33. The predicted octanol–water partition coefficient (Wildman–Crippen LogP) is 1.90. The zero-order valence-electron chi connectivity index (χ0n) is 13.3. The molecule has 1 heterocycles. The number of benzene rings is 2. The Kier molecular flexibility index (Phi) is 4.87. The number of carbonyl (C=O) groups is 1. The molecule has 0 saturated carbocycles. The lowest BCUT2D eigenvalue weighted by Gasteiger charge is -2.13. The number of nitrogens with one attached hydrogen (secondary N) is 1. The number of aromatic nitrogens is 4. The quantitative estimate of drug-likeness (QED) is 0.658. The van der Waals surface area contributed by atoms with Crippen molar-refractivity contribution in [3.8, 4) is 5.69 Å². The number of nitrogens with zero attached hydrogens (tertiary/aromatic N) is 4. The zero-order chi connectivity index (χ0) is 18.7. The van der Waals surface area contributed by atoms with E-state index in [1.165, 1.54) is 30.3 Å². The Morgan fingerprint density at radius 1 is 1.23 bits per heavy atom. The van der Waals surface area contributed by atoms with Gasteiger partial charge in [0.25, 0.3) is 10.0 Å². The lowest BCUT2D eigenvalue weighted by atomic mass is 10.2. The minimum atomic E-state index is -4.09.